The number of carbonyl (C=O) groups is 3. The zero-order chi connectivity index (χ0) is 21.5. The molecule has 0 unspecified atom stereocenters. The van der Waals surface area contributed by atoms with Crippen LogP contribution in [0.25, 0.3) is 10.1 Å². The van der Waals surface area contributed by atoms with Gasteiger partial charge in [-0.1, -0.05) is 23.7 Å². The van der Waals surface area contributed by atoms with E-state index in [-0.39, 0.29) is 16.5 Å². The van der Waals surface area contributed by atoms with Gasteiger partial charge in [0.15, 0.2) is 0 Å². The number of methoxy groups -OCH3 is 1. The molecule has 2 aromatic heterocycles. The van der Waals surface area contributed by atoms with E-state index in [1.54, 1.807) is 21.0 Å². The summed E-state index contributed by atoms with van der Waals surface area (Å²) < 4.78 is 5.75. The fourth-order valence-corrected chi connectivity index (χ4v) is 5.56. The van der Waals surface area contributed by atoms with Crippen LogP contribution in [0.3, 0.4) is 0 Å². The highest BCUT2D eigenvalue weighted by Crippen LogP contribution is 2.38. The molecule has 0 saturated carbocycles. The van der Waals surface area contributed by atoms with Crippen LogP contribution < -0.4 is 5.32 Å². The third-order valence-electron chi connectivity index (χ3n) is 4.35. The summed E-state index contributed by atoms with van der Waals surface area (Å²) in [7, 11) is 4.50. The second-order valence-corrected chi connectivity index (χ2v) is 9.10. The molecular weight excluding hydrogens is 432 g/mol. The lowest BCUT2D eigenvalue weighted by atomic mass is 10.1. The summed E-state index contributed by atoms with van der Waals surface area (Å²) >= 11 is 8.75. The third kappa shape index (κ3) is 3.88. The first-order chi connectivity index (χ1) is 13.6. The van der Waals surface area contributed by atoms with Gasteiger partial charge in [-0.05, 0) is 31.0 Å². The molecule has 0 saturated heterocycles. The molecule has 0 atom stereocenters. The molecule has 6 nitrogen and oxygen atoms in total. The number of thiophene rings is 2. The summed E-state index contributed by atoms with van der Waals surface area (Å²) in [5, 5.41) is 4.16. The van der Waals surface area contributed by atoms with Crippen molar-refractivity contribution in [3.05, 3.63) is 49.7 Å². The first-order valence-electron chi connectivity index (χ1n) is 8.59. The van der Waals surface area contributed by atoms with Gasteiger partial charge in [-0.25, -0.2) is 4.79 Å². The average Bonchev–Trinajstić information content (AvgIpc) is 3.17. The molecule has 1 aromatic carbocycles. The lowest BCUT2D eigenvalue weighted by molar-refractivity contribution is 0.0601. The quantitative estimate of drug-likeness (QED) is 0.569. The molecule has 9 heteroatoms. The molecule has 0 aliphatic rings. The normalized spacial score (nSPS) is 10.8. The van der Waals surface area contributed by atoms with Gasteiger partial charge >= 0.3 is 5.97 Å². The molecule has 2 amide bonds. The van der Waals surface area contributed by atoms with Crippen molar-refractivity contribution in [2.45, 2.75) is 13.8 Å². The predicted molar refractivity (Wildman–Crippen MR) is 118 cm³/mol. The van der Waals surface area contributed by atoms with Gasteiger partial charge < -0.3 is 15.0 Å². The molecule has 0 aliphatic heterocycles. The number of hydrogen-bond acceptors (Lipinski definition) is 6. The van der Waals surface area contributed by atoms with Gasteiger partial charge in [0.25, 0.3) is 11.8 Å². The SMILES string of the molecule is COC(=O)c1c(NC(=O)c2sc3cc(C)ccc3c2Cl)sc(C(=O)N(C)C)c1C. The number of esters is 1. The van der Waals surface area contributed by atoms with Gasteiger partial charge in [0.2, 0.25) is 0 Å². The van der Waals surface area contributed by atoms with E-state index in [9.17, 15) is 14.4 Å². The Labute approximate surface area is 181 Å². The van der Waals surface area contributed by atoms with E-state index >= 15 is 0 Å². The summed E-state index contributed by atoms with van der Waals surface area (Å²) in [5.41, 5.74) is 1.70. The Kier molecular flexibility index (Phi) is 5.97. The highest BCUT2D eigenvalue weighted by molar-refractivity contribution is 7.22. The van der Waals surface area contributed by atoms with Crippen molar-refractivity contribution in [2.75, 3.05) is 26.5 Å². The molecule has 0 spiro atoms. The zero-order valence-electron chi connectivity index (χ0n) is 16.5. The van der Waals surface area contributed by atoms with Crippen LogP contribution in [0.1, 0.15) is 40.8 Å². The van der Waals surface area contributed by atoms with Crippen LogP contribution in [-0.4, -0.2) is 43.9 Å². The minimum Gasteiger partial charge on any atom is -0.465 e. The molecule has 152 valence electrons. The number of amides is 2. The van der Waals surface area contributed by atoms with Crippen LogP contribution in [-0.2, 0) is 4.74 Å². The van der Waals surface area contributed by atoms with Crippen LogP contribution >= 0.6 is 34.3 Å². The van der Waals surface area contributed by atoms with Crippen LogP contribution in [0.4, 0.5) is 5.00 Å². The molecule has 3 aromatic rings. The highest BCUT2D eigenvalue weighted by Gasteiger charge is 2.28. The van der Waals surface area contributed by atoms with E-state index in [0.29, 0.717) is 20.3 Å². The molecule has 0 fully saturated rings. The van der Waals surface area contributed by atoms with Crippen molar-refractivity contribution in [1.29, 1.82) is 0 Å². The number of ether oxygens (including phenoxy) is 1. The third-order valence-corrected chi connectivity index (χ3v) is 7.21. The molecule has 3 rings (SSSR count). The Morgan fingerprint density at radius 3 is 2.41 bits per heavy atom. The van der Waals surface area contributed by atoms with Crippen LogP contribution in [0.15, 0.2) is 18.2 Å². The number of rotatable bonds is 4. The molecule has 0 bridgehead atoms. The van der Waals surface area contributed by atoms with Crippen molar-refractivity contribution in [2.24, 2.45) is 0 Å². The Hall–Kier alpha value is -2.42. The predicted octanol–water partition coefficient (Wildman–Crippen LogP) is 4.97. The van der Waals surface area contributed by atoms with Gasteiger partial charge in [-0.15, -0.1) is 22.7 Å². The van der Waals surface area contributed by atoms with E-state index in [4.69, 9.17) is 16.3 Å². The number of anilines is 1. The molecular formula is C20H19ClN2O4S2. The summed E-state index contributed by atoms with van der Waals surface area (Å²) in [6.45, 7) is 3.62. The lowest BCUT2D eigenvalue weighted by Crippen LogP contribution is -2.21. The molecule has 0 radical (unpaired) electrons. The van der Waals surface area contributed by atoms with Crippen molar-refractivity contribution in [1.82, 2.24) is 4.90 Å². The van der Waals surface area contributed by atoms with E-state index < -0.39 is 11.9 Å². The molecule has 29 heavy (non-hydrogen) atoms. The summed E-state index contributed by atoms with van der Waals surface area (Å²) in [6, 6.07) is 5.77. The zero-order valence-corrected chi connectivity index (χ0v) is 18.9. The van der Waals surface area contributed by atoms with Gasteiger partial charge in [0, 0.05) is 24.2 Å². The first kappa shape index (κ1) is 21.3. The standard InChI is InChI=1S/C20H19ClN2O4S2/c1-9-6-7-11-12(8-9)28-16(14(11)21)17(24)22-18-13(20(26)27-5)10(2)15(29-18)19(25)23(3)4/h6-8H,1-5H3,(H,22,24). The van der Waals surface area contributed by atoms with Crippen LogP contribution in [0, 0.1) is 13.8 Å². The van der Waals surface area contributed by atoms with E-state index in [1.165, 1.54) is 23.3 Å². The molecule has 0 aliphatic carbocycles. The van der Waals surface area contributed by atoms with Gasteiger partial charge in [0.1, 0.15) is 9.88 Å². The minimum atomic E-state index is -0.620. The van der Waals surface area contributed by atoms with Crippen molar-refractivity contribution in [3.8, 4) is 0 Å². The number of nitrogens with one attached hydrogen (secondary N) is 1. The number of carbonyl (C=O) groups excluding carboxylic acids is 3. The van der Waals surface area contributed by atoms with Crippen molar-refractivity contribution >= 4 is 67.1 Å². The first-order valence-corrected chi connectivity index (χ1v) is 10.6. The number of nitrogens with zero attached hydrogens (tertiary/aromatic N) is 1. The maximum atomic E-state index is 13.0. The summed E-state index contributed by atoms with van der Waals surface area (Å²) in [5.74, 6) is -1.32. The number of fused-ring (bicyclic) bond motifs is 1. The van der Waals surface area contributed by atoms with Crippen molar-refractivity contribution < 1.29 is 19.1 Å². The Bertz CT molecular complexity index is 1150. The average molecular weight is 451 g/mol. The lowest BCUT2D eigenvalue weighted by Gasteiger charge is -2.08. The Morgan fingerprint density at radius 1 is 1.10 bits per heavy atom. The monoisotopic (exact) mass is 450 g/mol. The second-order valence-electron chi connectivity index (χ2n) is 6.65. The number of hydrogen-bond donors (Lipinski definition) is 1. The smallest absolute Gasteiger partial charge is 0.341 e. The largest absolute Gasteiger partial charge is 0.465 e. The maximum Gasteiger partial charge on any atom is 0.341 e. The highest BCUT2D eigenvalue weighted by atomic mass is 35.5. The van der Waals surface area contributed by atoms with Crippen LogP contribution in [0.2, 0.25) is 5.02 Å². The fraction of sp³-hybridized carbons (Fsp3) is 0.250. The van der Waals surface area contributed by atoms with Gasteiger partial charge in [-0.3, -0.25) is 9.59 Å². The van der Waals surface area contributed by atoms with E-state index in [1.807, 2.05) is 25.1 Å². The topological polar surface area (TPSA) is 75.7 Å². The number of benzene rings is 1. The molecule has 1 N–H and O–H groups in total. The van der Waals surface area contributed by atoms with E-state index in [2.05, 4.69) is 5.32 Å². The Morgan fingerprint density at radius 2 is 1.79 bits per heavy atom. The molecule has 2 heterocycles. The van der Waals surface area contributed by atoms with Gasteiger partial charge in [-0.2, -0.15) is 0 Å². The van der Waals surface area contributed by atoms with E-state index in [0.717, 1.165) is 27.0 Å². The summed E-state index contributed by atoms with van der Waals surface area (Å²) in [4.78, 5) is 39.8. The fourth-order valence-electron chi connectivity index (χ4n) is 2.83. The second kappa shape index (κ2) is 8.14. The maximum absolute atomic E-state index is 13.0. The number of halogens is 1. The summed E-state index contributed by atoms with van der Waals surface area (Å²) in [6.07, 6.45) is 0. The van der Waals surface area contributed by atoms with Crippen LogP contribution in [0.5, 0.6) is 0 Å². The Balaban J connectivity index is 2.04. The van der Waals surface area contributed by atoms with Crippen molar-refractivity contribution in [3.63, 3.8) is 0 Å². The number of aryl methyl sites for hydroxylation is 1. The van der Waals surface area contributed by atoms with Gasteiger partial charge in [0.05, 0.1) is 22.6 Å². The minimum absolute atomic E-state index is 0.170.